The molecule has 0 fully saturated rings. The molecule has 0 aromatic heterocycles. The third kappa shape index (κ3) is 5.24. The summed E-state index contributed by atoms with van der Waals surface area (Å²) >= 11 is 5.94. The van der Waals surface area contributed by atoms with E-state index in [9.17, 15) is 4.79 Å². The maximum Gasteiger partial charge on any atom is 0.224 e. The van der Waals surface area contributed by atoms with Crippen LogP contribution in [0.3, 0.4) is 0 Å². The Hall–Kier alpha value is -1.55. The number of hydrogen-bond acceptors (Lipinski definition) is 2. The van der Waals surface area contributed by atoms with Crippen LogP contribution in [0.25, 0.3) is 11.1 Å². The van der Waals surface area contributed by atoms with Crippen molar-refractivity contribution >= 4 is 29.9 Å². The minimum Gasteiger partial charge on any atom is -0.352 e. The lowest BCUT2D eigenvalue weighted by Gasteiger charge is -2.16. The number of rotatable bonds is 5. The zero-order valence-corrected chi connectivity index (χ0v) is 14.8. The smallest absolute Gasteiger partial charge is 0.224 e. The average Bonchev–Trinajstić information content (AvgIpc) is 2.53. The van der Waals surface area contributed by atoms with Crippen LogP contribution in [-0.4, -0.2) is 11.9 Å². The maximum atomic E-state index is 12.0. The Balaban J connectivity index is 0.00000264. The van der Waals surface area contributed by atoms with E-state index in [1.807, 2.05) is 62.4 Å². The first-order chi connectivity index (χ1) is 10.5. The summed E-state index contributed by atoms with van der Waals surface area (Å²) in [6.45, 7) is 4.16. The first-order valence-electron chi connectivity index (χ1n) is 7.36. The number of nitrogens with one attached hydrogen (secondary N) is 1. The van der Waals surface area contributed by atoms with Gasteiger partial charge in [0.2, 0.25) is 5.91 Å². The molecule has 0 saturated heterocycles. The number of carbonyl (C=O) groups is 1. The molecule has 5 heteroatoms. The lowest BCUT2D eigenvalue weighted by molar-refractivity contribution is -0.125. The van der Waals surface area contributed by atoms with E-state index in [4.69, 9.17) is 17.3 Å². The second-order valence-corrected chi connectivity index (χ2v) is 5.97. The van der Waals surface area contributed by atoms with Gasteiger partial charge in [0, 0.05) is 23.5 Å². The molecule has 2 aromatic rings. The van der Waals surface area contributed by atoms with E-state index in [1.165, 1.54) is 0 Å². The summed E-state index contributed by atoms with van der Waals surface area (Å²) in [6, 6.07) is 15.5. The van der Waals surface area contributed by atoms with Crippen molar-refractivity contribution in [3.63, 3.8) is 0 Å². The predicted molar refractivity (Wildman–Crippen MR) is 98.8 cm³/mol. The number of benzene rings is 2. The highest BCUT2D eigenvalue weighted by Gasteiger charge is 2.16. The molecule has 3 nitrogen and oxygen atoms in total. The maximum absolute atomic E-state index is 12.0. The lowest BCUT2D eigenvalue weighted by Crippen LogP contribution is -2.38. The van der Waals surface area contributed by atoms with E-state index in [0.29, 0.717) is 11.6 Å². The summed E-state index contributed by atoms with van der Waals surface area (Å²) < 4.78 is 0. The summed E-state index contributed by atoms with van der Waals surface area (Å²) in [5, 5.41) is 3.67. The fraction of sp³-hybridized carbons (Fsp3) is 0.278. The van der Waals surface area contributed by atoms with Gasteiger partial charge < -0.3 is 11.1 Å². The zero-order chi connectivity index (χ0) is 16.1. The van der Waals surface area contributed by atoms with Crippen LogP contribution in [0.4, 0.5) is 0 Å². The molecule has 0 heterocycles. The molecule has 0 aliphatic heterocycles. The van der Waals surface area contributed by atoms with Crippen molar-refractivity contribution in [3.05, 3.63) is 59.1 Å². The minimum absolute atomic E-state index is 0. The van der Waals surface area contributed by atoms with Crippen LogP contribution in [0.5, 0.6) is 0 Å². The Morgan fingerprint density at radius 3 is 2.35 bits per heavy atom. The van der Waals surface area contributed by atoms with Crippen molar-refractivity contribution < 1.29 is 4.79 Å². The highest BCUT2D eigenvalue weighted by Crippen LogP contribution is 2.25. The Bertz CT molecular complexity index is 642. The molecule has 1 amide bonds. The van der Waals surface area contributed by atoms with Gasteiger partial charge in [-0.05, 0) is 35.7 Å². The van der Waals surface area contributed by atoms with Crippen molar-refractivity contribution in [1.82, 2.24) is 5.32 Å². The molecule has 0 aliphatic rings. The molecule has 0 spiro atoms. The molecule has 124 valence electrons. The van der Waals surface area contributed by atoms with Crippen LogP contribution in [0.1, 0.15) is 19.4 Å². The molecule has 2 rings (SSSR count). The van der Waals surface area contributed by atoms with Crippen LogP contribution in [-0.2, 0) is 11.3 Å². The van der Waals surface area contributed by atoms with E-state index in [0.717, 1.165) is 16.7 Å². The fourth-order valence-electron chi connectivity index (χ4n) is 2.17. The van der Waals surface area contributed by atoms with E-state index < -0.39 is 0 Å². The van der Waals surface area contributed by atoms with Gasteiger partial charge in [-0.1, -0.05) is 54.9 Å². The number of hydrogen-bond donors (Lipinski definition) is 2. The highest BCUT2D eigenvalue weighted by molar-refractivity contribution is 6.30. The number of halogens is 2. The predicted octanol–water partition coefficient (Wildman–Crippen LogP) is 4.03. The van der Waals surface area contributed by atoms with E-state index >= 15 is 0 Å². The SMILES string of the molecule is CC(N)C(C)C(=O)NCc1ccccc1-c1ccc(Cl)cc1.Cl. The second kappa shape index (κ2) is 8.92. The van der Waals surface area contributed by atoms with Gasteiger partial charge in [0.05, 0.1) is 0 Å². The van der Waals surface area contributed by atoms with Crippen LogP contribution < -0.4 is 11.1 Å². The minimum atomic E-state index is -0.206. The van der Waals surface area contributed by atoms with Crippen molar-refractivity contribution in [3.8, 4) is 11.1 Å². The normalized spacial score (nSPS) is 12.9. The van der Waals surface area contributed by atoms with Gasteiger partial charge in [-0.15, -0.1) is 12.4 Å². The summed E-state index contributed by atoms with van der Waals surface area (Å²) in [6.07, 6.45) is 0. The Kier molecular flexibility index (Phi) is 7.56. The standard InChI is InChI=1S/C18H21ClN2O.ClH/c1-12(13(2)20)18(22)21-11-15-5-3-4-6-17(15)14-7-9-16(19)10-8-14;/h3-10,12-13H,11,20H2,1-2H3,(H,21,22);1H. The number of nitrogens with two attached hydrogens (primary N) is 1. The van der Waals surface area contributed by atoms with Gasteiger partial charge in [-0.2, -0.15) is 0 Å². The molecule has 0 radical (unpaired) electrons. The van der Waals surface area contributed by atoms with Crippen molar-refractivity contribution in [2.75, 3.05) is 0 Å². The molecule has 2 unspecified atom stereocenters. The van der Waals surface area contributed by atoms with Crippen molar-refractivity contribution in [2.24, 2.45) is 11.7 Å². The molecule has 0 aliphatic carbocycles. The third-order valence-corrected chi connectivity index (χ3v) is 4.08. The second-order valence-electron chi connectivity index (χ2n) is 5.53. The monoisotopic (exact) mass is 352 g/mol. The van der Waals surface area contributed by atoms with E-state index in [1.54, 1.807) is 0 Å². The van der Waals surface area contributed by atoms with Crippen LogP contribution in [0.2, 0.25) is 5.02 Å². The summed E-state index contributed by atoms with van der Waals surface area (Å²) in [5.74, 6) is -0.233. The first kappa shape index (κ1) is 19.5. The first-order valence-corrected chi connectivity index (χ1v) is 7.74. The molecule has 3 N–H and O–H groups in total. The summed E-state index contributed by atoms with van der Waals surface area (Å²) in [7, 11) is 0. The Morgan fingerprint density at radius 1 is 1.13 bits per heavy atom. The quantitative estimate of drug-likeness (QED) is 0.853. The molecule has 0 saturated carbocycles. The van der Waals surface area contributed by atoms with Crippen LogP contribution >= 0.6 is 24.0 Å². The van der Waals surface area contributed by atoms with E-state index in [2.05, 4.69) is 5.32 Å². The van der Waals surface area contributed by atoms with Gasteiger partial charge in [-0.25, -0.2) is 0 Å². The lowest BCUT2D eigenvalue weighted by atomic mass is 9.99. The molecular formula is C18H22Cl2N2O. The van der Waals surface area contributed by atoms with Gasteiger partial charge in [0.1, 0.15) is 0 Å². The van der Waals surface area contributed by atoms with E-state index in [-0.39, 0.29) is 30.3 Å². The fourth-order valence-corrected chi connectivity index (χ4v) is 2.29. The molecule has 2 aromatic carbocycles. The Morgan fingerprint density at radius 2 is 1.74 bits per heavy atom. The summed E-state index contributed by atoms with van der Waals surface area (Å²) in [4.78, 5) is 12.0. The zero-order valence-electron chi connectivity index (χ0n) is 13.3. The average molecular weight is 353 g/mol. The van der Waals surface area contributed by atoms with Crippen molar-refractivity contribution in [2.45, 2.75) is 26.4 Å². The molecule has 0 bridgehead atoms. The molecular weight excluding hydrogens is 331 g/mol. The van der Waals surface area contributed by atoms with Crippen LogP contribution in [0, 0.1) is 5.92 Å². The van der Waals surface area contributed by atoms with Gasteiger partial charge in [0.15, 0.2) is 0 Å². The van der Waals surface area contributed by atoms with Gasteiger partial charge in [-0.3, -0.25) is 4.79 Å². The van der Waals surface area contributed by atoms with Gasteiger partial charge >= 0.3 is 0 Å². The van der Waals surface area contributed by atoms with Gasteiger partial charge in [0.25, 0.3) is 0 Å². The molecule has 23 heavy (non-hydrogen) atoms. The third-order valence-electron chi connectivity index (χ3n) is 3.83. The number of amides is 1. The number of carbonyl (C=O) groups excluding carboxylic acids is 1. The summed E-state index contributed by atoms with van der Waals surface area (Å²) in [5.41, 5.74) is 9.00. The van der Waals surface area contributed by atoms with Crippen molar-refractivity contribution in [1.29, 1.82) is 0 Å². The van der Waals surface area contributed by atoms with Crippen LogP contribution in [0.15, 0.2) is 48.5 Å². The molecule has 2 atom stereocenters. The largest absolute Gasteiger partial charge is 0.352 e. The highest BCUT2D eigenvalue weighted by atomic mass is 35.5. The topological polar surface area (TPSA) is 55.1 Å². The Labute approximate surface area is 148 Å².